The van der Waals surface area contributed by atoms with Crippen LogP contribution < -0.4 is 5.32 Å². The van der Waals surface area contributed by atoms with E-state index in [0.29, 0.717) is 24.5 Å². The molecule has 1 aromatic heterocycles. The molecule has 0 bridgehead atoms. The normalized spacial score (nSPS) is 10.1. The van der Waals surface area contributed by atoms with E-state index < -0.39 is 0 Å². The number of aliphatic hydroxyl groups is 1. The van der Waals surface area contributed by atoms with Gasteiger partial charge in [-0.3, -0.25) is 4.79 Å². The van der Waals surface area contributed by atoms with Crippen LogP contribution in [0.25, 0.3) is 0 Å². The number of amides is 1. The first-order chi connectivity index (χ1) is 8.24. The zero-order valence-electron chi connectivity index (χ0n) is 10.3. The first kappa shape index (κ1) is 13.4. The fourth-order valence-electron chi connectivity index (χ4n) is 1.65. The lowest BCUT2D eigenvalue weighted by Gasteiger charge is -2.21. The summed E-state index contributed by atoms with van der Waals surface area (Å²) in [5, 5.41) is 11.9. The van der Waals surface area contributed by atoms with Gasteiger partial charge in [-0.25, -0.2) is 4.98 Å². The minimum atomic E-state index is -0.0987. The zero-order valence-corrected chi connectivity index (χ0v) is 10.3. The molecule has 94 valence electrons. The lowest BCUT2D eigenvalue weighted by atomic mass is 10.2. The maximum absolute atomic E-state index is 12.2. The van der Waals surface area contributed by atoms with Crippen molar-refractivity contribution in [2.75, 3.05) is 32.1 Å². The molecule has 1 heterocycles. The summed E-state index contributed by atoms with van der Waals surface area (Å²) in [6.45, 7) is 2.96. The van der Waals surface area contributed by atoms with Gasteiger partial charge in [0.25, 0.3) is 5.91 Å². The fraction of sp³-hybridized carbons (Fsp3) is 0.500. The number of aromatic nitrogens is 1. The van der Waals surface area contributed by atoms with Gasteiger partial charge in [0.05, 0.1) is 12.2 Å². The van der Waals surface area contributed by atoms with E-state index in [2.05, 4.69) is 10.3 Å². The molecule has 5 heteroatoms. The Bertz CT molecular complexity index is 363. The molecule has 0 aliphatic heterocycles. The Kier molecular flexibility index (Phi) is 5.42. The van der Waals surface area contributed by atoms with E-state index in [4.69, 9.17) is 5.11 Å². The van der Waals surface area contributed by atoms with Crippen LogP contribution in [-0.2, 0) is 0 Å². The van der Waals surface area contributed by atoms with Crippen molar-refractivity contribution in [1.29, 1.82) is 0 Å². The van der Waals surface area contributed by atoms with Gasteiger partial charge in [0, 0.05) is 26.3 Å². The van der Waals surface area contributed by atoms with Crippen LogP contribution in [0.4, 0.5) is 5.82 Å². The van der Waals surface area contributed by atoms with Gasteiger partial charge in [0.2, 0.25) is 0 Å². The molecule has 17 heavy (non-hydrogen) atoms. The molecule has 1 amide bonds. The second-order valence-corrected chi connectivity index (χ2v) is 3.67. The Morgan fingerprint density at radius 3 is 2.88 bits per heavy atom. The average Bonchev–Trinajstić information content (AvgIpc) is 2.37. The van der Waals surface area contributed by atoms with Crippen LogP contribution in [0.5, 0.6) is 0 Å². The summed E-state index contributed by atoms with van der Waals surface area (Å²) >= 11 is 0. The van der Waals surface area contributed by atoms with E-state index in [-0.39, 0.29) is 12.5 Å². The molecule has 0 atom stereocenters. The first-order valence-electron chi connectivity index (χ1n) is 5.77. The van der Waals surface area contributed by atoms with Gasteiger partial charge in [0.15, 0.2) is 0 Å². The van der Waals surface area contributed by atoms with Gasteiger partial charge in [0.1, 0.15) is 5.82 Å². The Morgan fingerprint density at radius 2 is 2.29 bits per heavy atom. The summed E-state index contributed by atoms with van der Waals surface area (Å²) in [5.41, 5.74) is 0.539. The van der Waals surface area contributed by atoms with Crippen molar-refractivity contribution >= 4 is 11.7 Å². The summed E-state index contributed by atoms with van der Waals surface area (Å²) in [4.78, 5) is 18.0. The van der Waals surface area contributed by atoms with Crippen molar-refractivity contribution in [3.63, 3.8) is 0 Å². The molecule has 0 saturated heterocycles. The second kappa shape index (κ2) is 6.85. The summed E-state index contributed by atoms with van der Waals surface area (Å²) in [7, 11) is 1.73. The van der Waals surface area contributed by atoms with Crippen molar-refractivity contribution in [3.8, 4) is 0 Å². The Balaban J connectivity index is 2.92. The number of pyridine rings is 1. The Hall–Kier alpha value is -1.62. The highest BCUT2D eigenvalue weighted by Crippen LogP contribution is 2.13. The number of carbonyl (C=O) groups is 1. The molecule has 0 aliphatic rings. The van der Waals surface area contributed by atoms with Crippen molar-refractivity contribution < 1.29 is 9.90 Å². The molecule has 0 saturated carbocycles. The molecule has 1 aromatic rings. The van der Waals surface area contributed by atoms with Crippen LogP contribution in [0.1, 0.15) is 23.7 Å². The molecule has 1 rings (SSSR count). The third-order valence-electron chi connectivity index (χ3n) is 2.43. The third kappa shape index (κ3) is 3.42. The van der Waals surface area contributed by atoms with Gasteiger partial charge in [-0.05, 0) is 18.6 Å². The molecular formula is C12H19N3O2. The standard InChI is InChI=1S/C12H19N3O2/c1-3-7-15(8-9-16)12(17)10-5-4-6-14-11(10)13-2/h4-6,16H,3,7-9H2,1-2H3,(H,13,14). The number of hydrogen-bond acceptors (Lipinski definition) is 4. The highest BCUT2D eigenvalue weighted by molar-refractivity contribution is 5.98. The summed E-state index contributed by atoms with van der Waals surface area (Å²) in [6.07, 6.45) is 2.50. The van der Waals surface area contributed by atoms with Crippen LogP contribution in [0.2, 0.25) is 0 Å². The molecule has 0 aromatic carbocycles. The van der Waals surface area contributed by atoms with E-state index >= 15 is 0 Å². The van der Waals surface area contributed by atoms with E-state index in [1.165, 1.54) is 0 Å². The molecule has 5 nitrogen and oxygen atoms in total. The molecule has 0 fully saturated rings. The molecule has 0 radical (unpaired) electrons. The van der Waals surface area contributed by atoms with Gasteiger partial charge < -0.3 is 15.3 Å². The molecular weight excluding hydrogens is 218 g/mol. The highest BCUT2D eigenvalue weighted by Gasteiger charge is 2.17. The SMILES string of the molecule is CCCN(CCO)C(=O)c1cccnc1NC. The van der Waals surface area contributed by atoms with E-state index in [9.17, 15) is 4.79 Å². The number of rotatable bonds is 6. The van der Waals surface area contributed by atoms with Gasteiger partial charge in [-0.2, -0.15) is 0 Å². The van der Waals surface area contributed by atoms with Crippen molar-refractivity contribution in [1.82, 2.24) is 9.88 Å². The molecule has 0 unspecified atom stereocenters. The minimum absolute atomic E-state index is 0.0269. The van der Waals surface area contributed by atoms with E-state index in [0.717, 1.165) is 6.42 Å². The van der Waals surface area contributed by atoms with Crippen LogP contribution >= 0.6 is 0 Å². The predicted molar refractivity (Wildman–Crippen MR) is 67.1 cm³/mol. The summed E-state index contributed by atoms with van der Waals surface area (Å²) in [6, 6.07) is 3.47. The molecule has 0 aliphatic carbocycles. The summed E-state index contributed by atoms with van der Waals surface area (Å²) < 4.78 is 0. The monoisotopic (exact) mass is 237 g/mol. The Labute approximate surface area is 101 Å². The minimum Gasteiger partial charge on any atom is -0.395 e. The topological polar surface area (TPSA) is 65.5 Å². The number of nitrogens with one attached hydrogen (secondary N) is 1. The fourth-order valence-corrected chi connectivity index (χ4v) is 1.65. The second-order valence-electron chi connectivity index (χ2n) is 3.67. The molecule has 0 spiro atoms. The smallest absolute Gasteiger partial charge is 0.257 e. The molecule has 2 N–H and O–H groups in total. The maximum Gasteiger partial charge on any atom is 0.257 e. The van der Waals surface area contributed by atoms with Crippen molar-refractivity contribution in [3.05, 3.63) is 23.9 Å². The lowest BCUT2D eigenvalue weighted by Crippen LogP contribution is -2.34. The zero-order chi connectivity index (χ0) is 12.7. The highest BCUT2D eigenvalue weighted by atomic mass is 16.3. The number of anilines is 1. The number of aliphatic hydroxyl groups excluding tert-OH is 1. The van der Waals surface area contributed by atoms with Gasteiger partial charge in [-0.15, -0.1) is 0 Å². The first-order valence-corrected chi connectivity index (χ1v) is 5.77. The number of hydrogen-bond donors (Lipinski definition) is 2. The summed E-state index contributed by atoms with van der Waals surface area (Å²) in [5.74, 6) is 0.467. The lowest BCUT2D eigenvalue weighted by molar-refractivity contribution is 0.0722. The largest absolute Gasteiger partial charge is 0.395 e. The van der Waals surface area contributed by atoms with Crippen molar-refractivity contribution in [2.24, 2.45) is 0 Å². The Morgan fingerprint density at radius 1 is 1.53 bits per heavy atom. The predicted octanol–water partition coefficient (Wildman–Crippen LogP) is 0.968. The van der Waals surface area contributed by atoms with Gasteiger partial charge in [-0.1, -0.05) is 6.92 Å². The van der Waals surface area contributed by atoms with Crippen LogP contribution in [-0.4, -0.2) is 47.6 Å². The number of carbonyl (C=O) groups excluding carboxylic acids is 1. The third-order valence-corrected chi connectivity index (χ3v) is 2.43. The maximum atomic E-state index is 12.2. The van der Waals surface area contributed by atoms with E-state index in [1.54, 1.807) is 30.3 Å². The van der Waals surface area contributed by atoms with Gasteiger partial charge >= 0.3 is 0 Å². The average molecular weight is 237 g/mol. The quantitative estimate of drug-likeness (QED) is 0.773. The van der Waals surface area contributed by atoms with Crippen molar-refractivity contribution in [2.45, 2.75) is 13.3 Å². The van der Waals surface area contributed by atoms with E-state index in [1.807, 2.05) is 6.92 Å². The van der Waals surface area contributed by atoms with Crippen LogP contribution in [0.15, 0.2) is 18.3 Å². The van der Waals surface area contributed by atoms with Crippen LogP contribution in [0, 0.1) is 0 Å². The number of nitrogens with zero attached hydrogens (tertiary/aromatic N) is 2. The van der Waals surface area contributed by atoms with Crippen LogP contribution in [0.3, 0.4) is 0 Å².